The summed E-state index contributed by atoms with van der Waals surface area (Å²) in [5.74, 6) is -1.84. The second kappa shape index (κ2) is 4.97. The van der Waals surface area contributed by atoms with Crippen LogP contribution in [-0.2, 0) is 0 Å². The molecule has 0 fully saturated rings. The molecule has 2 rings (SSSR count). The maximum absolute atomic E-state index is 13.5. The van der Waals surface area contributed by atoms with Gasteiger partial charge in [0.1, 0.15) is 5.82 Å². The third-order valence-corrected chi connectivity index (χ3v) is 2.61. The van der Waals surface area contributed by atoms with E-state index >= 15 is 0 Å². The van der Waals surface area contributed by atoms with Gasteiger partial charge >= 0.3 is 0 Å². The quantitative estimate of drug-likeness (QED) is 0.728. The van der Waals surface area contributed by atoms with Crippen molar-refractivity contribution >= 4 is 11.6 Å². The predicted octanol–water partition coefficient (Wildman–Crippen LogP) is 2.80. The Morgan fingerprint density at radius 2 is 1.84 bits per heavy atom. The number of aryl methyl sites for hydroxylation is 1. The van der Waals surface area contributed by atoms with Crippen molar-refractivity contribution in [3.63, 3.8) is 0 Å². The molecule has 0 atom stereocenters. The molecule has 3 N–H and O–H groups in total. The van der Waals surface area contributed by atoms with E-state index in [0.29, 0.717) is 0 Å². The molecular formula is C14H12FNO3. The number of carbonyl (C=O) groups is 1. The normalized spacial score (nSPS) is 10.2. The lowest BCUT2D eigenvalue weighted by atomic mass is 10.1. The number of hydrogen-bond acceptors (Lipinski definition) is 3. The van der Waals surface area contributed by atoms with Crippen molar-refractivity contribution in [1.29, 1.82) is 0 Å². The minimum atomic E-state index is -0.570. The van der Waals surface area contributed by atoms with E-state index in [1.54, 1.807) is 13.0 Å². The molecule has 19 heavy (non-hydrogen) atoms. The highest BCUT2D eigenvalue weighted by molar-refractivity contribution is 6.04. The molecule has 98 valence electrons. The van der Waals surface area contributed by atoms with E-state index in [2.05, 4.69) is 5.32 Å². The average Bonchev–Trinajstić information content (AvgIpc) is 2.37. The predicted molar refractivity (Wildman–Crippen MR) is 68.9 cm³/mol. The standard InChI is InChI=1S/C14H12FNO3/c1-8-2-4-10(15)11(6-8)16-14(19)9-3-5-12(17)13(18)7-9/h2-7,17-18H,1H3,(H,16,19). The van der Waals surface area contributed by atoms with Gasteiger partial charge in [-0.15, -0.1) is 0 Å². The number of hydrogen-bond donors (Lipinski definition) is 3. The molecule has 0 unspecified atom stereocenters. The van der Waals surface area contributed by atoms with E-state index in [0.717, 1.165) is 11.6 Å². The fourth-order valence-electron chi connectivity index (χ4n) is 1.59. The van der Waals surface area contributed by atoms with Gasteiger partial charge in [-0.25, -0.2) is 4.39 Å². The molecular weight excluding hydrogens is 249 g/mol. The Morgan fingerprint density at radius 1 is 1.11 bits per heavy atom. The Labute approximate surface area is 109 Å². The van der Waals surface area contributed by atoms with Crippen LogP contribution in [0.15, 0.2) is 36.4 Å². The first-order valence-corrected chi connectivity index (χ1v) is 5.57. The fraction of sp³-hybridized carbons (Fsp3) is 0.0714. The van der Waals surface area contributed by atoms with Crippen LogP contribution in [0, 0.1) is 12.7 Å². The van der Waals surface area contributed by atoms with E-state index in [1.165, 1.54) is 24.3 Å². The first kappa shape index (κ1) is 12.9. The van der Waals surface area contributed by atoms with Crippen molar-refractivity contribution < 1.29 is 19.4 Å². The van der Waals surface area contributed by atoms with Crippen LogP contribution < -0.4 is 5.32 Å². The highest BCUT2D eigenvalue weighted by Gasteiger charge is 2.11. The smallest absolute Gasteiger partial charge is 0.255 e. The molecule has 5 heteroatoms. The van der Waals surface area contributed by atoms with Gasteiger partial charge in [0.05, 0.1) is 5.69 Å². The number of rotatable bonds is 2. The molecule has 4 nitrogen and oxygen atoms in total. The molecule has 0 aromatic heterocycles. The highest BCUT2D eigenvalue weighted by Crippen LogP contribution is 2.25. The number of aromatic hydroxyl groups is 2. The number of phenols is 2. The SMILES string of the molecule is Cc1ccc(F)c(NC(=O)c2ccc(O)c(O)c2)c1. The number of halogens is 1. The molecule has 0 saturated heterocycles. The molecule has 0 aliphatic heterocycles. The molecule has 0 saturated carbocycles. The number of amides is 1. The average molecular weight is 261 g/mol. The molecule has 2 aromatic carbocycles. The zero-order valence-corrected chi connectivity index (χ0v) is 10.1. The lowest BCUT2D eigenvalue weighted by Gasteiger charge is -2.08. The Bertz CT molecular complexity index is 641. The Balaban J connectivity index is 2.25. The number of nitrogens with one attached hydrogen (secondary N) is 1. The van der Waals surface area contributed by atoms with Gasteiger partial charge in [0, 0.05) is 5.56 Å². The van der Waals surface area contributed by atoms with Crippen LogP contribution in [-0.4, -0.2) is 16.1 Å². The van der Waals surface area contributed by atoms with Crippen LogP contribution in [0.1, 0.15) is 15.9 Å². The minimum absolute atomic E-state index is 0.0672. The van der Waals surface area contributed by atoms with Crippen molar-refractivity contribution in [2.45, 2.75) is 6.92 Å². The third-order valence-electron chi connectivity index (χ3n) is 2.61. The Morgan fingerprint density at radius 3 is 2.53 bits per heavy atom. The Hall–Kier alpha value is -2.56. The summed E-state index contributed by atoms with van der Waals surface area (Å²) in [4.78, 5) is 11.9. The van der Waals surface area contributed by atoms with Crippen LogP contribution in [0.25, 0.3) is 0 Å². The van der Waals surface area contributed by atoms with Crippen LogP contribution in [0.3, 0.4) is 0 Å². The lowest BCUT2D eigenvalue weighted by Crippen LogP contribution is -2.13. The van der Waals surface area contributed by atoms with Crippen molar-refractivity contribution in [2.24, 2.45) is 0 Å². The van der Waals surface area contributed by atoms with E-state index < -0.39 is 17.5 Å². The van der Waals surface area contributed by atoms with Gasteiger partial charge < -0.3 is 15.5 Å². The molecule has 0 spiro atoms. The van der Waals surface area contributed by atoms with E-state index in [-0.39, 0.29) is 17.0 Å². The summed E-state index contributed by atoms with van der Waals surface area (Å²) in [6.45, 7) is 1.78. The molecule has 0 heterocycles. The zero-order chi connectivity index (χ0) is 14.0. The number of anilines is 1. The van der Waals surface area contributed by atoms with Gasteiger partial charge in [0.25, 0.3) is 5.91 Å². The largest absolute Gasteiger partial charge is 0.504 e. The summed E-state index contributed by atoms with van der Waals surface area (Å²) in [7, 11) is 0. The molecule has 0 aliphatic rings. The lowest BCUT2D eigenvalue weighted by molar-refractivity contribution is 0.102. The first-order chi connectivity index (χ1) is 8.97. The monoisotopic (exact) mass is 261 g/mol. The third kappa shape index (κ3) is 2.82. The number of benzene rings is 2. The van der Waals surface area contributed by atoms with E-state index in [4.69, 9.17) is 5.11 Å². The summed E-state index contributed by atoms with van der Waals surface area (Å²) in [6, 6.07) is 8.00. The maximum Gasteiger partial charge on any atom is 0.255 e. The van der Waals surface area contributed by atoms with Crippen LogP contribution in [0.5, 0.6) is 11.5 Å². The molecule has 0 bridgehead atoms. The summed E-state index contributed by atoms with van der Waals surface area (Å²) in [6.07, 6.45) is 0. The maximum atomic E-state index is 13.5. The van der Waals surface area contributed by atoms with Gasteiger partial charge in [-0.1, -0.05) is 6.07 Å². The van der Waals surface area contributed by atoms with Crippen LogP contribution >= 0.6 is 0 Å². The summed E-state index contributed by atoms with van der Waals surface area (Å²) in [5, 5.41) is 20.9. The zero-order valence-electron chi connectivity index (χ0n) is 10.1. The molecule has 1 amide bonds. The molecule has 2 aromatic rings. The highest BCUT2D eigenvalue weighted by atomic mass is 19.1. The second-order valence-corrected chi connectivity index (χ2v) is 4.14. The van der Waals surface area contributed by atoms with E-state index in [9.17, 15) is 14.3 Å². The summed E-state index contributed by atoms with van der Waals surface area (Å²) >= 11 is 0. The summed E-state index contributed by atoms with van der Waals surface area (Å²) < 4.78 is 13.5. The van der Waals surface area contributed by atoms with Gasteiger partial charge in [-0.05, 0) is 42.8 Å². The Kier molecular flexibility index (Phi) is 3.37. The van der Waals surface area contributed by atoms with Crippen molar-refractivity contribution in [3.8, 4) is 11.5 Å². The van der Waals surface area contributed by atoms with E-state index in [1.807, 2.05) is 0 Å². The van der Waals surface area contributed by atoms with Gasteiger partial charge in [0.2, 0.25) is 0 Å². The fourth-order valence-corrected chi connectivity index (χ4v) is 1.59. The summed E-state index contributed by atoms with van der Waals surface area (Å²) in [5.41, 5.74) is 0.999. The second-order valence-electron chi connectivity index (χ2n) is 4.14. The van der Waals surface area contributed by atoms with Crippen molar-refractivity contribution in [2.75, 3.05) is 5.32 Å². The van der Waals surface area contributed by atoms with Crippen LogP contribution in [0.2, 0.25) is 0 Å². The number of carbonyl (C=O) groups excluding carboxylic acids is 1. The van der Waals surface area contributed by atoms with Crippen LogP contribution in [0.4, 0.5) is 10.1 Å². The van der Waals surface area contributed by atoms with Gasteiger partial charge in [0.15, 0.2) is 11.5 Å². The molecule has 0 radical (unpaired) electrons. The van der Waals surface area contributed by atoms with Gasteiger partial charge in [-0.2, -0.15) is 0 Å². The topological polar surface area (TPSA) is 69.6 Å². The van der Waals surface area contributed by atoms with Crippen molar-refractivity contribution in [3.05, 3.63) is 53.3 Å². The number of phenolic OH excluding ortho intramolecular Hbond substituents is 2. The first-order valence-electron chi connectivity index (χ1n) is 5.57. The van der Waals surface area contributed by atoms with Crippen molar-refractivity contribution in [1.82, 2.24) is 0 Å². The van der Waals surface area contributed by atoms with Gasteiger partial charge in [-0.3, -0.25) is 4.79 Å². The minimum Gasteiger partial charge on any atom is -0.504 e. The molecule has 0 aliphatic carbocycles.